The first-order chi connectivity index (χ1) is 9.10. The molecule has 0 radical (unpaired) electrons. The van der Waals surface area contributed by atoms with Crippen molar-refractivity contribution in [2.75, 3.05) is 0 Å². The number of hydrogen-bond acceptors (Lipinski definition) is 4. The van der Waals surface area contributed by atoms with Crippen molar-refractivity contribution >= 4 is 22.9 Å². The lowest BCUT2D eigenvalue weighted by molar-refractivity contribution is 0.283. The summed E-state index contributed by atoms with van der Waals surface area (Å²) in [4.78, 5) is 5.43. The summed E-state index contributed by atoms with van der Waals surface area (Å²) in [6, 6.07) is 7.28. The fourth-order valence-corrected chi connectivity index (χ4v) is 2.92. The summed E-state index contributed by atoms with van der Waals surface area (Å²) < 4.78 is 5.65. The molecule has 0 saturated carbocycles. The first kappa shape index (κ1) is 14.3. The van der Waals surface area contributed by atoms with Gasteiger partial charge in [-0.1, -0.05) is 31.5 Å². The van der Waals surface area contributed by atoms with Crippen molar-refractivity contribution in [2.24, 2.45) is 0 Å². The molecule has 2 aromatic rings. The van der Waals surface area contributed by atoms with Crippen molar-refractivity contribution in [3.63, 3.8) is 0 Å². The highest BCUT2D eigenvalue weighted by molar-refractivity contribution is 7.11. The molecule has 19 heavy (non-hydrogen) atoms. The molecular weight excluding hydrogens is 282 g/mol. The molecule has 1 N–H and O–H groups in total. The molecule has 0 amide bonds. The third-order valence-electron chi connectivity index (χ3n) is 2.62. The smallest absolute Gasteiger partial charge is 0.140 e. The molecule has 0 unspecified atom stereocenters. The fraction of sp³-hybridized carbons (Fsp3) is 0.357. The Morgan fingerprint density at radius 3 is 2.79 bits per heavy atom. The average molecular weight is 298 g/mol. The van der Waals surface area contributed by atoms with E-state index in [4.69, 9.17) is 16.3 Å². The van der Waals surface area contributed by atoms with Crippen molar-refractivity contribution < 1.29 is 9.84 Å². The number of aromatic nitrogens is 1. The maximum Gasteiger partial charge on any atom is 0.140 e. The minimum absolute atomic E-state index is 0.0301. The van der Waals surface area contributed by atoms with E-state index in [1.165, 1.54) is 11.3 Å². The van der Waals surface area contributed by atoms with Gasteiger partial charge in [0.2, 0.25) is 0 Å². The van der Waals surface area contributed by atoms with Crippen LogP contribution in [0.1, 0.15) is 35.3 Å². The molecule has 0 atom stereocenters. The molecule has 0 aliphatic carbocycles. The lowest BCUT2D eigenvalue weighted by atomic mass is 10.1. The van der Waals surface area contributed by atoms with E-state index >= 15 is 0 Å². The standard InChI is InChI=1S/C14H16ClNO2S/c1-9(2)14-12(7-17)19-13(16-14)8-18-11-5-3-4-10(15)6-11/h3-6,9,17H,7-8H2,1-2H3. The van der Waals surface area contributed by atoms with Gasteiger partial charge in [-0.15, -0.1) is 11.3 Å². The summed E-state index contributed by atoms with van der Waals surface area (Å²) >= 11 is 7.39. The second-order valence-electron chi connectivity index (χ2n) is 4.47. The highest BCUT2D eigenvalue weighted by Crippen LogP contribution is 2.26. The maximum absolute atomic E-state index is 9.31. The Bertz CT molecular complexity index is 554. The van der Waals surface area contributed by atoms with Gasteiger partial charge in [-0.2, -0.15) is 0 Å². The van der Waals surface area contributed by atoms with Crippen LogP contribution in [0.15, 0.2) is 24.3 Å². The lowest BCUT2D eigenvalue weighted by Gasteiger charge is -2.04. The van der Waals surface area contributed by atoms with E-state index in [2.05, 4.69) is 18.8 Å². The second-order valence-corrected chi connectivity index (χ2v) is 6.08. The zero-order chi connectivity index (χ0) is 13.8. The third kappa shape index (κ3) is 3.69. The third-order valence-corrected chi connectivity index (χ3v) is 3.89. The van der Waals surface area contributed by atoms with Crippen LogP contribution < -0.4 is 4.74 Å². The Labute approximate surface area is 121 Å². The van der Waals surface area contributed by atoms with Gasteiger partial charge in [0.25, 0.3) is 0 Å². The molecule has 5 heteroatoms. The number of rotatable bonds is 5. The highest BCUT2D eigenvalue weighted by Gasteiger charge is 2.13. The SMILES string of the molecule is CC(C)c1nc(COc2cccc(Cl)c2)sc1CO. The number of halogens is 1. The van der Waals surface area contributed by atoms with E-state index in [0.29, 0.717) is 17.5 Å². The number of hydrogen-bond donors (Lipinski definition) is 1. The molecule has 1 aromatic carbocycles. The summed E-state index contributed by atoms with van der Waals surface area (Å²) in [6.07, 6.45) is 0. The molecule has 0 aliphatic rings. The van der Waals surface area contributed by atoms with Gasteiger partial charge < -0.3 is 9.84 Å². The Morgan fingerprint density at radius 2 is 2.21 bits per heavy atom. The largest absolute Gasteiger partial charge is 0.486 e. The topological polar surface area (TPSA) is 42.4 Å². The van der Waals surface area contributed by atoms with Crippen LogP contribution in [0.25, 0.3) is 0 Å². The molecular formula is C14H16ClNO2S. The van der Waals surface area contributed by atoms with Gasteiger partial charge in [0.15, 0.2) is 0 Å². The van der Waals surface area contributed by atoms with Gasteiger partial charge in [0.05, 0.1) is 17.2 Å². The number of aliphatic hydroxyl groups excluding tert-OH is 1. The van der Waals surface area contributed by atoms with Crippen molar-refractivity contribution in [1.82, 2.24) is 4.98 Å². The molecule has 1 heterocycles. The summed E-state index contributed by atoms with van der Waals surface area (Å²) in [5, 5.41) is 10.8. The van der Waals surface area contributed by atoms with E-state index in [1.54, 1.807) is 12.1 Å². The normalized spacial score (nSPS) is 11.0. The molecule has 0 aliphatic heterocycles. The Kier molecular flexibility index (Phi) is 4.80. The van der Waals surface area contributed by atoms with Gasteiger partial charge >= 0.3 is 0 Å². The molecule has 3 nitrogen and oxygen atoms in total. The predicted molar refractivity (Wildman–Crippen MR) is 77.9 cm³/mol. The first-order valence-corrected chi connectivity index (χ1v) is 7.27. The summed E-state index contributed by atoms with van der Waals surface area (Å²) in [7, 11) is 0. The molecule has 0 saturated heterocycles. The van der Waals surface area contributed by atoms with Crippen LogP contribution in [0.4, 0.5) is 0 Å². The van der Waals surface area contributed by atoms with Crippen molar-refractivity contribution in [1.29, 1.82) is 0 Å². The molecule has 0 spiro atoms. The van der Waals surface area contributed by atoms with Crippen LogP contribution in [-0.2, 0) is 13.2 Å². The summed E-state index contributed by atoms with van der Waals surface area (Å²) in [5.41, 5.74) is 0.956. The van der Waals surface area contributed by atoms with Gasteiger partial charge in [0, 0.05) is 5.02 Å². The Morgan fingerprint density at radius 1 is 1.42 bits per heavy atom. The second kappa shape index (κ2) is 6.37. The number of thiazole rings is 1. The fourth-order valence-electron chi connectivity index (χ4n) is 1.74. The number of nitrogens with zero attached hydrogens (tertiary/aromatic N) is 1. The average Bonchev–Trinajstić information content (AvgIpc) is 2.80. The van der Waals surface area contributed by atoms with Crippen molar-refractivity contribution in [2.45, 2.75) is 33.0 Å². The maximum atomic E-state index is 9.31. The lowest BCUT2D eigenvalue weighted by Crippen LogP contribution is -1.96. The number of benzene rings is 1. The van der Waals surface area contributed by atoms with E-state index < -0.39 is 0 Å². The van der Waals surface area contributed by atoms with E-state index in [9.17, 15) is 5.11 Å². The molecule has 2 rings (SSSR count). The zero-order valence-electron chi connectivity index (χ0n) is 10.9. The summed E-state index contributed by atoms with van der Waals surface area (Å²) in [5.74, 6) is 1.03. The first-order valence-electron chi connectivity index (χ1n) is 6.08. The van der Waals surface area contributed by atoms with Crippen molar-refractivity contribution in [3.8, 4) is 5.75 Å². The number of aliphatic hydroxyl groups is 1. The van der Waals surface area contributed by atoms with Crippen LogP contribution in [0.3, 0.4) is 0 Å². The Hall–Kier alpha value is -1.10. The molecule has 102 valence electrons. The summed E-state index contributed by atoms with van der Waals surface area (Å²) in [6.45, 7) is 4.55. The highest BCUT2D eigenvalue weighted by atomic mass is 35.5. The molecule has 0 bridgehead atoms. The Balaban J connectivity index is 2.07. The van der Waals surface area contributed by atoms with Crippen LogP contribution in [0.2, 0.25) is 5.02 Å². The minimum Gasteiger partial charge on any atom is -0.486 e. The zero-order valence-corrected chi connectivity index (χ0v) is 12.5. The quantitative estimate of drug-likeness (QED) is 0.907. The van der Waals surface area contributed by atoms with Crippen LogP contribution >= 0.6 is 22.9 Å². The van der Waals surface area contributed by atoms with Gasteiger partial charge in [-0.05, 0) is 24.1 Å². The predicted octanol–water partition coefficient (Wildman–Crippen LogP) is 3.99. The van der Waals surface area contributed by atoms with Gasteiger partial charge in [0.1, 0.15) is 17.4 Å². The van der Waals surface area contributed by atoms with Crippen LogP contribution in [0.5, 0.6) is 5.75 Å². The van der Waals surface area contributed by atoms with Gasteiger partial charge in [-0.25, -0.2) is 4.98 Å². The van der Waals surface area contributed by atoms with Crippen molar-refractivity contribution in [3.05, 3.63) is 44.9 Å². The monoisotopic (exact) mass is 297 g/mol. The van der Waals surface area contributed by atoms with Crippen LogP contribution in [0, 0.1) is 0 Å². The van der Waals surface area contributed by atoms with Crippen LogP contribution in [-0.4, -0.2) is 10.1 Å². The minimum atomic E-state index is 0.0301. The van der Waals surface area contributed by atoms with Gasteiger partial charge in [-0.3, -0.25) is 0 Å². The van der Waals surface area contributed by atoms with E-state index in [-0.39, 0.29) is 6.61 Å². The molecule has 0 fully saturated rings. The van der Waals surface area contributed by atoms with E-state index in [0.717, 1.165) is 21.3 Å². The number of ether oxygens (including phenoxy) is 1. The molecule has 1 aromatic heterocycles. The van der Waals surface area contributed by atoms with E-state index in [1.807, 2.05) is 12.1 Å².